The number of benzene rings is 6. The molecule has 0 nitrogen and oxygen atoms in total. The minimum atomic E-state index is -0.0829. The Morgan fingerprint density at radius 3 is 2.09 bits per heavy atom. The Morgan fingerprint density at radius 1 is 0.629 bits per heavy atom. The van der Waals surface area contributed by atoms with Crippen molar-refractivity contribution in [2.24, 2.45) is 0 Å². The lowest BCUT2D eigenvalue weighted by Gasteiger charge is -2.40. The molecule has 1 aliphatic heterocycles. The maximum absolute atomic E-state index is 2.51. The molecule has 1 heterocycles. The molecule has 1 aliphatic rings. The molecule has 35 heavy (non-hydrogen) atoms. The summed E-state index contributed by atoms with van der Waals surface area (Å²) in [4.78, 5) is 0. The van der Waals surface area contributed by atoms with Crippen LogP contribution in [0.1, 0.15) is 50.3 Å². The summed E-state index contributed by atoms with van der Waals surface area (Å²) in [5.74, 6) is 0.499. The van der Waals surface area contributed by atoms with Gasteiger partial charge in [-0.1, -0.05) is 141 Å². The first-order chi connectivity index (χ1) is 17.0. The summed E-state index contributed by atoms with van der Waals surface area (Å²) < 4.78 is 0. The molecule has 0 fully saturated rings. The minimum absolute atomic E-state index is 0.0829. The zero-order valence-corrected chi connectivity index (χ0v) is 20.9. The van der Waals surface area contributed by atoms with Crippen LogP contribution < -0.4 is 16.4 Å². The van der Waals surface area contributed by atoms with Gasteiger partial charge in [0.25, 0.3) is 0 Å². The quantitative estimate of drug-likeness (QED) is 0.200. The molecule has 0 saturated carbocycles. The van der Waals surface area contributed by atoms with Gasteiger partial charge in [-0.25, -0.2) is 0 Å². The summed E-state index contributed by atoms with van der Waals surface area (Å²) in [6.07, 6.45) is 0. The van der Waals surface area contributed by atoms with Gasteiger partial charge in [0.05, 0.1) is 0 Å². The Labute approximate surface area is 208 Å². The van der Waals surface area contributed by atoms with Gasteiger partial charge in [-0.05, 0) is 54.9 Å². The van der Waals surface area contributed by atoms with E-state index in [0.29, 0.717) is 5.92 Å². The van der Waals surface area contributed by atoms with E-state index in [1.807, 2.05) is 0 Å². The molecule has 0 amide bonds. The lowest BCUT2D eigenvalue weighted by molar-refractivity contribution is 0.652. The van der Waals surface area contributed by atoms with Crippen molar-refractivity contribution >= 4 is 55.4 Å². The van der Waals surface area contributed by atoms with Gasteiger partial charge < -0.3 is 0 Å². The highest BCUT2D eigenvalue weighted by molar-refractivity contribution is 6.96. The van der Waals surface area contributed by atoms with E-state index in [-0.39, 0.29) is 12.1 Å². The van der Waals surface area contributed by atoms with Crippen molar-refractivity contribution < 1.29 is 0 Å². The molecule has 6 aromatic rings. The summed E-state index contributed by atoms with van der Waals surface area (Å²) >= 11 is 0. The molecule has 0 bridgehead atoms. The van der Waals surface area contributed by atoms with Crippen LogP contribution in [-0.4, -0.2) is 6.71 Å². The van der Waals surface area contributed by atoms with Gasteiger partial charge in [-0.2, -0.15) is 0 Å². The maximum Gasteiger partial charge on any atom is 0.242 e. The molecular formula is C34H29B. The summed E-state index contributed by atoms with van der Waals surface area (Å²) in [7, 11) is 0. The molecule has 0 unspecified atom stereocenters. The zero-order valence-electron chi connectivity index (χ0n) is 20.9. The molecule has 1 heteroatoms. The van der Waals surface area contributed by atoms with Gasteiger partial charge in [-0.3, -0.25) is 0 Å². The fraction of sp³-hybridized carbons (Fsp3) is 0.176. The van der Waals surface area contributed by atoms with Gasteiger partial charge in [0.2, 0.25) is 6.71 Å². The van der Waals surface area contributed by atoms with E-state index in [0.717, 1.165) is 0 Å². The fourth-order valence-electron chi connectivity index (χ4n) is 6.97. The van der Waals surface area contributed by atoms with Gasteiger partial charge in [-0.15, -0.1) is 0 Å². The number of rotatable bonds is 2. The van der Waals surface area contributed by atoms with Crippen LogP contribution in [0.5, 0.6) is 0 Å². The molecule has 7 rings (SSSR count). The van der Waals surface area contributed by atoms with Crippen LogP contribution in [0.2, 0.25) is 0 Å². The normalized spacial score (nSPS) is 14.7. The number of fused-ring (bicyclic) bond motifs is 3. The smallest absolute Gasteiger partial charge is 0.0686 e. The van der Waals surface area contributed by atoms with Crippen LogP contribution in [0.3, 0.4) is 0 Å². The summed E-state index contributed by atoms with van der Waals surface area (Å²) in [6.45, 7) is 9.69. The highest BCUT2D eigenvalue weighted by Gasteiger charge is 2.41. The Bertz CT molecular complexity index is 1740. The van der Waals surface area contributed by atoms with Crippen molar-refractivity contribution in [3.63, 3.8) is 0 Å². The summed E-state index contributed by atoms with van der Waals surface area (Å²) in [5.41, 5.74) is 8.55. The molecule has 0 spiro atoms. The highest BCUT2D eigenvalue weighted by atomic mass is 14.4. The first kappa shape index (κ1) is 20.8. The van der Waals surface area contributed by atoms with E-state index in [9.17, 15) is 0 Å². The van der Waals surface area contributed by atoms with Crippen molar-refractivity contribution in [3.8, 4) is 0 Å². The van der Waals surface area contributed by atoms with Crippen LogP contribution in [-0.2, 0) is 5.41 Å². The average Bonchev–Trinajstić information content (AvgIpc) is 2.87. The number of hydrogen-bond donors (Lipinski definition) is 0. The second-order valence-electron chi connectivity index (χ2n) is 11.1. The van der Waals surface area contributed by atoms with Crippen molar-refractivity contribution in [3.05, 3.63) is 114 Å². The maximum atomic E-state index is 2.51. The molecule has 0 N–H and O–H groups in total. The standard InChI is InChI=1S/C34H29B/c1-21(2)25-17-14-22-15-19-27-32-23(16-18-26(25)31(22)32)20-30-33(27)34(3,4)28-12-8-9-13-29(28)35(30)24-10-6-5-7-11-24/h5-21H,1-4H3. The minimum Gasteiger partial charge on any atom is -0.0686 e. The second-order valence-corrected chi connectivity index (χ2v) is 11.1. The molecule has 168 valence electrons. The third-order valence-corrected chi connectivity index (χ3v) is 8.48. The third-order valence-electron chi connectivity index (χ3n) is 8.48. The summed E-state index contributed by atoms with van der Waals surface area (Å²) in [6, 6.07) is 36.8. The highest BCUT2D eigenvalue weighted by Crippen LogP contribution is 2.43. The molecule has 0 aliphatic carbocycles. The van der Waals surface area contributed by atoms with Crippen molar-refractivity contribution in [1.29, 1.82) is 0 Å². The molecular weight excluding hydrogens is 419 g/mol. The van der Waals surface area contributed by atoms with Crippen LogP contribution in [0.25, 0.3) is 32.3 Å². The fourth-order valence-corrected chi connectivity index (χ4v) is 6.97. The first-order valence-electron chi connectivity index (χ1n) is 12.9. The van der Waals surface area contributed by atoms with Crippen LogP contribution in [0.4, 0.5) is 0 Å². The SMILES string of the molecule is CC(C)c1ccc2ccc3c4c(cc5ccc1c2c53)B(c1ccccc1)c1ccccc1C4(C)C. The number of hydrogen-bond acceptors (Lipinski definition) is 0. The van der Waals surface area contributed by atoms with Gasteiger partial charge in [0.1, 0.15) is 0 Å². The average molecular weight is 448 g/mol. The van der Waals surface area contributed by atoms with E-state index in [1.165, 1.54) is 65.4 Å². The zero-order chi connectivity index (χ0) is 23.9. The van der Waals surface area contributed by atoms with Gasteiger partial charge in [0, 0.05) is 5.41 Å². The van der Waals surface area contributed by atoms with Crippen molar-refractivity contribution in [2.75, 3.05) is 0 Å². The largest absolute Gasteiger partial charge is 0.242 e. The first-order valence-corrected chi connectivity index (χ1v) is 12.9. The van der Waals surface area contributed by atoms with Crippen LogP contribution in [0, 0.1) is 0 Å². The molecule has 0 atom stereocenters. The lowest BCUT2D eigenvalue weighted by atomic mass is 9.31. The van der Waals surface area contributed by atoms with Gasteiger partial charge in [0.15, 0.2) is 0 Å². The predicted molar refractivity (Wildman–Crippen MR) is 154 cm³/mol. The van der Waals surface area contributed by atoms with Crippen LogP contribution in [0.15, 0.2) is 97.1 Å². The van der Waals surface area contributed by atoms with E-state index in [1.54, 1.807) is 0 Å². The van der Waals surface area contributed by atoms with E-state index >= 15 is 0 Å². The van der Waals surface area contributed by atoms with E-state index in [4.69, 9.17) is 0 Å². The Balaban J connectivity index is 1.67. The summed E-state index contributed by atoms with van der Waals surface area (Å²) in [5, 5.41) is 8.38. The Morgan fingerprint density at radius 2 is 1.29 bits per heavy atom. The third kappa shape index (κ3) is 2.76. The monoisotopic (exact) mass is 448 g/mol. The van der Waals surface area contributed by atoms with Crippen molar-refractivity contribution in [1.82, 2.24) is 0 Å². The van der Waals surface area contributed by atoms with Gasteiger partial charge >= 0.3 is 0 Å². The molecule has 0 radical (unpaired) electrons. The van der Waals surface area contributed by atoms with E-state index < -0.39 is 0 Å². The van der Waals surface area contributed by atoms with Crippen LogP contribution >= 0.6 is 0 Å². The second kappa shape index (κ2) is 7.21. The Hall–Kier alpha value is -3.58. The van der Waals surface area contributed by atoms with Crippen molar-refractivity contribution in [2.45, 2.75) is 39.0 Å². The topological polar surface area (TPSA) is 0 Å². The van der Waals surface area contributed by atoms with E-state index in [2.05, 4.69) is 125 Å². The predicted octanol–water partition coefficient (Wildman–Crippen LogP) is 6.86. The molecule has 0 saturated heterocycles. The Kier molecular flexibility index (Phi) is 4.28. The lowest BCUT2D eigenvalue weighted by Crippen LogP contribution is -2.60. The molecule has 0 aromatic heterocycles. The molecule has 6 aromatic carbocycles.